The Bertz CT molecular complexity index is 633. The van der Waals surface area contributed by atoms with E-state index in [1.165, 1.54) is 16.7 Å². The predicted molar refractivity (Wildman–Crippen MR) is 80.9 cm³/mol. The predicted octanol–water partition coefficient (Wildman–Crippen LogP) is 2.83. The molecule has 2 rings (SSSR count). The number of anilines is 1. The summed E-state index contributed by atoms with van der Waals surface area (Å²) < 4.78 is 1.68. The van der Waals surface area contributed by atoms with Crippen LogP contribution in [-0.2, 0) is 18.3 Å². The van der Waals surface area contributed by atoms with Gasteiger partial charge in [-0.1, -0.05) is 17.7 Å². The van der Waals surface area contributed by atoms with Gasteiger partial charge in [-0.2, -0.15) is 5.10 Å². The molecule has 4 nitrogen and oxygen atoms in total. The van der Waals surface area contributed by atoms with Gasteiger partial charge in [0.1, 0.15) is 5.82 Å². The molecule has 0 saturated heterocycles. The maximum absolute atomic E-state index is 12.2. The van der Waals surface area contributed by atoms with Crippen LogP contribution in [0.2, 0.25) is 0 Å². The largest absolute Gasteiger partial charge is 0.311 e. The number of nitrogens with one attached hydrogen (secondary N) is 1. The van der Waals surface area contributed by atoms with Gasteiger partial charge in [-0.25, -0.2) is 0 Å². The van der Waals surface area contributed by atoms with E-state index in [1.807, 2.05) is 20.0 Å². The van der Waals surface area contributed by atoms with Gasteiger partial charge in [0.05, 0.1) is 12.1 Å². The lowest BCUT2D eigenvalue weighted by Crippen LogP contribution is -2.17. The summed E-state index contributed by atoms with van der Waals surface area (Å²) in [6.07, 6.45) is 0.391. The Kier molecular flexibility index (Phi) is 3.93. The minimum absolute atomic E-state index is 0.0111. The highest BCUT2D eigenvalue weighted by atomic mass is 16.1. The summed E-state index contributed by atoms with van der Waals surface area (Å²) in [4.78, 5) is 12.2. The van der Waals surface area contributed by atoms with Crippen molar-refractivity contribution >= 4 is 11.7 Å². The molecule has 0 aliphatic rings. The van der Waals surface area contributed by atoms with Crippen LogP contribution in [0.1, 0.15) is 27.9 Å². The van der Waals surface area contributed by atoms with Crippen LogP contribution < -0.4 is 5.32 Å². The summed E-state index contributed by atoms with van der Waals surface area (Å²) in [6, 6.07) is 6.10. The van der Waals surface area contributed by atoms with E-state index in [0.29, 0.717) is 6.42 Å². The number of rotatable bonds is 3. The Hall–Kier alpha value is -2.10. The van der Waals surface area contributed by atoms with Crippen LogP contribution in [0.4, 0.5) is 5.82 Å². The molecule has 0 spiro atoms. The van der Waals surface area contributed by atoms with Crippen molar-refractivity contribution in [2.75, 3.05) is 5.32 Å². The normalized spacial score (nSPS) is 10.7. The second kappa shape index (κ2) is 5.49. The topological polar surface area (TPSA) is 46.9 Å². The standard InChI is InChI=1S/C16H21N3O/c1-10-6-11(2)14(12(3)7-10)9-16(20)17-15-8-13(4)18-19(15)5/h6-8H,9H2,1-5H3,(H,17,20). The molecule has 0 aliphatic carbocycles. The molecule has 1 aromatic carbocycles. The smallest absolute Gasteiger partial charge is 0.229 e. The lowest BCUT2D eigenvalue weighted by molar-refractivity contribution is -0.115. The average Bonchev–Trinajstić information content (AvgIpc) is 2.62. The SMILES string of the molecule is Cc1cc(C)c(CC(=O)Nc2cc(C)nn2C)c(C)c1. The van der Waals surface area contributed by atoms with E-state index in [2.05, 4.69) is 43.3 Å². The Balaban J connectivity index is 2.15. The molecular weight excluding hydrogens is 250 g/mol. The molecular formula is C16H21N3O. The highest BCUT2D eigenvalue weighted by Crippen LogP contribution is 2.18. The third kappa shape index (κ3) is 3.07. The van der Waals surface area contributed by atoms with Gasteiger partial charge in [-0.3, -0.25) is 9.48 Å². The third-order valence-electron chi connectivity index (χ3n) is 3.45. The van der Waals surface area contributed by atoms with Crippen molar-refractivity contribution in [3.05, 3.63) is 46.1 Å². The Morgan fingerprint density at radius 3 is 2.25 bits per heavy atom. The fourth-order valence-corrected chi connectivity index (χ4v) is 2.56. The van der Waals surface area contributed by atoms with Gasteiger partial charge in [-0.15, -0.1) is 0 Å². The number of hydrogen-bond donors (Lipinski definition) is 1. The lowest BCUT2D eigenvalue weighted by atomic mass is 9.97. The molecule has 1 aromatic heterocycles. The zero-order valence-corrected chi connectivity index (χ0v) is 12.7. The first-order valence-corrected chi connectivity index (χ1v) is 6.74. The molecule has 20 heavy (non-hydrogen) atoms. The van der Waals surface area contributed by atoms with Gasteiger partial charge < -0.3 is 5.32 Å². The summed E-state index contributed by atoms with van der Waals surface area (Å²) in [7, 11) is 1.82. The molecule has 0 saturated carbocycles. The molecule has 0 bridgehead atoms. The van der Waals surface area contributed by atoms with Gasteiger partial charge in [0.25, 0.3) is 0 Å². The number of aromatic nitrogens is 2. The maximum atomic E-state index is 12.2. The number of carbonyl (C=O) groups excluding carboxylic acids is 1. The van der Waals surface area contributed by atoms with Crippen molar-refractivity contribution in [3.8, 4) is 0 Å². The molecule has 106 valence electrons. The van der Waals surface area contributed by atoms with Gasteiger partial charge >= 0.3 is 0 Å². The highest BCUT2D eigenvalue weighted by Gasteiger charge is 2.11. The van der Waals surface area contributed by atoms with Gasteiger partial charge in [0.2, 0.25) is 5.91 Å². The van der Waals surface area contributed by atoms with E-state index in [-0.39, 0.29) is 5.91 Å². The minimum atomic E-state index is -0.0111. The van der Waals surface area contributed by atoms with E-state index < -0.39 is 0 Å². The molecule has 4 heteroatoms. The van der Waals surface area contributed by atoms with Crippen molar-refractivity contribution in [2.24, 2.45) is 7.05 Å². The zero-order valence-electron chi connectivity index (χ0n) is 12.7. The van der Waals surface area contributed by atoms with E-state index in [1.54, 1.807) is 4.68 Å². The fourth-order valence-electron chi connectivity index (χ4n) is 2.56. The van der Waals surface area contributed by atoms with E-state index >= 15 is 0 Å². The first-order chi connectivity index (χ1) is 9.36. The molecule has 1 N–H and O–H groups in total. The molecule has 1 heterocycles. The fraction of sp³-hybridized carbons (Fsp3) is 0.375. The Labute approximate surface area is 119 Å². The first-order valence-electron chi connectivity index (χ1n) is 6.74. The van der Waals surface area contributed by atoms with Crippen molar-refractivity contribution < 1.29 is 4.79 Å². The third-order valence-corrected chi connectivity index (χ3v) is 3.45. The summed E-state index contributed by atoms with van der Waals surface area (Å²) >= 11 is 0. The quantitative estimate of drug-likeness (QED) is 0.933. The molecule has 2 aromatic rings. The number of amides is 1. The van der Waals surface area contributed by atoms with E-state index in [9.17, 15) is 4.79 Å². The second-order valence-corrected chi connectivity index (χ2v) is 5.40. The maximum Gasteiger partial charge on any atom is 0.229 e. The molecule has 0 radical (unpaired) electrons. The number of hydrogen-bond acceptors (Lipinski definition) is 2. The van der Waals surface area contributed by atoms with Crippen LogP contribution in [0.25, 0.3) is 0 Å². The van der Waals surface area contributed by atoms with Crippen molar-refractivity contribution in [1.82, 2.24) is 9.78 Å². The lowest BCUT2D eigenvalue weighted by Gasteiger charge is -2.11. The second-order valence-electron chi connectivity index (χ2n) is 5.40. The van der Waals surface area contributed by atoms with Gasteiger partial charge in [-0.05, 0) is 44.4 Å². The van der Waals surface area contributed by atoms with Crippen molar-refractivity contribution in [2.45, 2.75) is 34.1 Å². The Morgan fingerprint density at radius 2 is 1.75 bits per heavy atom. The number of benzene rings is 1. The van der Waals surface area contributed by atoms with Crippen LogP contribution in [0.5, 0.6) is 0 Å². The summed E-state index contributed by atoms with van der Waals surface area (Å²) in [5.74, 6) is 0.720. The minimum Gasteiger partial charge on any atom is -0.311 e. The van der Waals surface area contributed by atoms with Crippen LogP contribution in [0.15, 0.2) is 18.2 Å². The van der Waals surface area contributed by atoms with Gasteiger partial charge in [0, 0.05) is 13.1 Å². The van der Waals surface area contributed by atoms with Crippen LogP contribution in [-0.4, -0.2) is 15.7 Å². The summed E-state index contributed by atoms with van der Waals surface area (Å²) in [5.41, 5.74) is 5.56. The monoisotopic (exact) mass is 271 g/mol. The summed E-state index contributed by atoms with van der Waals surface area (Å²) in [6.45, 7) is 8.08. The van der Waals surface area contributed by atoms with Crippen LogP contribution >= 0.6 is 0 Å². The summed E-state index contributed by atoms with van der Waals surface area (Å²) in [5, 5.41) is 7.13. The first kappa shape index (κ1) is 14.3. The molecule has 0 aliphatic heterocycles. The van der Waals surface area contributed by atoms with Crippen LogP contribution in [0.3, 0.4) is 0 Å². The number of carbonyl (C=O) groups is 1. The zero-order chi connectivity index (χ0) is 14.9. The number of nitrogens with zero attached hydrogens (tertiary/aromatic N) is 2. The van der Waals surface area contributed by atoms with Crippen LogP contribution in [0, 0.1) is 27.7 Å². The molecule has 1 amide bonds. The highest BCUT2D eigenvalue weighted by molar-refractivity contribution is 5.92. The average molecular weight is 271 g/mol. The molecule has 0 fully saturated rings. The molecule has 0 atom stereocenters. The van der Waals surface area contributed by atoms with Gasteiger partial charge in [0.15, 0.2) is 0 Å². The van der Waals surface area contributed by atoms with E-state index in [4.69, 9.17) is 0 Å². The Morgan fingerprint density at radius 1 is 1.15 bits per heavy atom. The van der Waals surface area contributed by atoms with Crippen molar-refractivity contribution in [3.63, 3.8) is 0 Å². The number of aryl methyl sites for hydroxylation is 5. The van der Waals surface area contributed by atoms with Crippen molar-refractivity contribution in [1.29, 1.82) is 0 Å². The molecule has 0 unspecified atom stereocenters. The van der Waals surface area contributed by atoms with E-state index in [0.717, 1.165) is 17.1 Å².